The molecule has 0 atom stereocenters. The van der Waals surface area contributed by atoms with Crippen molar-refractivity contribution in [2.75, 3.05) is 26.8 Å². The summed E-state index contributed by atoms with van der Waals surface area (Å²) in [7, 11) is 3.57. The molecule has 0 N–H and O–H groups in total. The van der Waals surface area contributed by atoms with Crippen molar-refractivity contribution < 1.29 is 14.3 Å². The van der Waals surface area contributed by atoms with Crippen LogP contribution in [-0.4, -0.2) is 59.0 Å². The van der Waals surface area contributed by atoms with Crippen LogP contribution < -0.4 is 0 Å². The van der Waals surface area contributed by atoms with E-state index in [2.05, 4.69) is 0 Å². The van der Waals surface area contributed by atoms with Gasteiger partial charge in [-0.05, 0) is 25.0 Å². The largest absolute Gasteiger partial charge is 0.383 e. The SMILES string of the molecule is COCCN(CC(=O)N(Cc1cccn1C)C1CC1)C(C)=O. The minimum absolute atomic E-state index is 0.00926. The van der Waals surface area contributed by atoms with Gasteiger partial charge in [-0.3, -0.25) is 9.59 Å². The monoisotopic (exact) mass is 307 g/mol. The Kier molecular flexibility index (Phi) is 5.60. The molecule has 0 aromatic carbocycles. The average molecular weight is 307 g/mol. The first-order chi connectivity index (χ1) is 10.5. The van der Waals surface area contributed by atoms with Crippen LogP contribution in [0.2, 0.25) is 0 Å². The zero-order valence-electron chi connectivity index (χ0n) is 13.6. The molecule has 1 aliphatic rings. The number of ether oxygens (including phenoxy) is 1. The van der Waals surface area contributed by atoms with Crippen LogP contribution in [-0.2, 0) is 27.9 Å². The Bertz CT molecular complexity index is 522. The molecule has 0 bridgehead atoms. The first-order valence-electron chi connectivity index (χ1n) is 7.67. The highest BCUT2D eigenvalue weighted by Gasteiger charge is 2.33. The minimum Gasteiger partial charge on any atom is -0.383 e. The summed E-state index contributed by atoms with van der Waals surface area (Å²) in [5.41, 5.74) is 1.10. The zero-order chi connectivity index (χ0) is 16.1. The first-order valence-corrected chi connectivity index (χ1v) is 7.67. The van der Waals surface area contributed by atoms with Crippen LogP contribution in [0.3, 0.4) is 0 Å². The lowest BCUT2D eigenvalue weighted by atomic mass is 10.3. The molecule has 1 saturated carbocycles. The number of methoxy groups -OCH3 is 1. The van der Waals surface area contributed by atoms with Gasteiger partial charge < -0.3 is 19.1 Å². The molecular weight excluding hydrogens is 282 g/mol. The molecule has 0 radical (unpaired) electrons. The highest BCUT2D eigenvalue weighted by Crippen LogP contribution is 2.28. The van der Waals surface area contributed by atoms with Gasteiger partial charge in [0.05, 0.1) is 19.7 Å². The van der Waals surface area contributed by atoms with Crippen LogP contribution in [0.1, 0.15) is 25.5 Å². The van der Waals surface area contributed by atoms with E-state index in [0.717, 1.165) is 18.5 Å². The van der Waals surface area contributed by atoms with Crippen LogP contribution in [0.25, 0.3) is 0 Å². The number of aryl methyl sites for hydroxylation is 1. The molecule has 0 saturated heterocycles. The molecule has 2 rings (SSSR count). The Hall–Kier alpha value is -1.82. The van der Waals surface area contributed by atoms with E-state index in [0.29, 0.717) is 25.7 Å². The fourth-order valence-corrected chi connectivity index (χ4v) is 2.45. The maximum atomic E-state index is 12.6. The third kappa shape index (κ3) is 4.34. The van der Waals surface area contributed by atoms with Crippen molar-refractivity contribution >= 4 is 11.8 Å². The summed E-state index contributed by atoms with van der Waals surface area (Å²) >= 11 is 0. The predicted octanol–water partition coefficient (Wildman–Crippen LogP) is 1.01. The lowest BCUT2D eigenvalue weighted by molar-refractivity contribution is -0.140. The summed E-state index contributed by atoms with van der Waals surface area (Å²) in [6, 6.07) is 4.32. The lowest BCUT2D eigenvalue weighted by Crippen LogP contribution is -2.44. The van der Waals surface area contributed by atoms with E-state index < -0.39 is 0 Å². The van der Waals surface area contributed by atoms with Gasteiger partial charge in [0, 0.05) is 45.6 Å². The number of amides is 2. The van der Waals surface area contributed by atoms with Crippen molar-refractivity contribution in [2.24, 2.45) is 7.05 Å². The Morgan fingerprint density at radius 3 is 2.64 bits per heavy atom. The Morgan fingerprint density at radius 1 is 1.41 bits per heavy atom. The molecule has 6 nitrogen and oxygen atoms in total. The Labute approximate surface area is 131 Å². The molecule has 0 aliphatic heterocycles. The highest BCUT2D eigenvalue weighted by atomic mass is 16.5. The number of hydrogen-bond donors (Lipinski definition) is 0. The van der Waals surface area contributed by atoms with Crippen molar-refractivity contribution in [3.63, 3.8) is 0 Å². The van der Waals surface area contributed by atoms with E-state index in [-0.39, 0.29) is 18.4 Å². The molecule has 1 fully saturated rings. The molecule has 0 spiro atoms. The van der Waals surface area contributed by atoms with Gasteiger partial charge in [-0.15, -0.1) is 0 Å². The highest BCUT2D eigenvalue weighted by molar-refractivity contribution is 5.84. The van der Waals surface area contributed by atoms with Crippen LogP contribution in [0.5, 0.6) is 0 Å². The summed E-state index contributed by atoms with van der Waals surface area (Å²) in [4.78, 5) is 27.7. The zero-order valence-corrected chi connectivity index (χ0v) is 13.6. The second-order valence-electron chi connectivity index (χ2n) is 5.80. The van der Waals surface area contributed by atoms with E-state index in [1.165, 1.54) is 6.92 Å². The lowest BCUT2D eigenvalue weighted by Gasteiger charge is -2.27. The van der Waals surface area contributed by atoms with Gasteiger partial charge in [-0.1, -0.05) is 0 Å². The minimum atomic E-state index is -0.0972. The summed E-state index contributed by atoms with van der Waals surface area (Å²) in [5.74, 6) is -0.0879. The van der Waals surface area contributed by atoms with E-state index in [9.17, 15) is 9.59 Å². The van der Waals surface area contributed by atoms with Crippen molar-refractivity contribution in [2.45, 2.75) is 32.4 Å². The second-order valence-corrected chi connectivity index (χ2v) is 5.80. The summed E-state index contributed by atoms with van der Waals surface area (Å²) in [6.07, 6.45) is 4.08. The third-order valence-electron chi connectivity index (χ3n) is 4.03. The third-order valence-corrected chi connectivity index (χ3v) is 4.03. The number of carbonyl (C=O) groups excluding carboxylic acids is 2. The Morgan fingerprint density at radius 2 is 2.14 bits per heavy atom. The van der Waals surface area contributed by atoms with Crippen molar-refractivity contribution in [1.29, 1.82) is 0 Å². The number of nitrogens with zero attached hydrogens (tertiary/aromatic N) is 3. The molecule has 22 heavy (non-hydrogen) atoms. The van der Waals surface area contributed by atoms with Crippen molar-refractivity contribution in [3.8, 4) is 0 Å². The smallest absolute Gasteiger partial charge is 0.242 e. The molecular formula is C16H25N3O3. The van der Waals surface area contributed by atoms with Crippen LogP contribution in [0, 0.1) is 0 Å². The van der Waals surface area contributed by atoms with Crippen molar-refractivity contribution in [1.82, 2.24) is 14.4 Å². The number of rotatable bonds is 8. The number of hydrogen-bond acceptors (Lipinski definition) is 3. The molecule has 1 heterocycles. The average Bonchev–Trinajstić information content (AvgIpc) is 3.23. The van der Waals surface area contributed by atoms with Crippen LogP contribution in [0.15, 0.2) is 18.3 Å². The van der Waals surface area contributed by atoms with E-state index in [4.69, 9.17) is 4.74 Å². The topological polar surface area (TPSA) is 54.8 Å². The molecule has 1 aromatic rings. The molecule has 2 amide bonds. The van der Waals surface area contributed by atoms with Crippen molar-refractivity contribution in [3.05, 3.63) is 24.0 Å². The fourth-order valence-electron chi connectivity index (χ4n) is 2.45. The van der Waals surface area contributed by atoms with E-state index >= 15 is 0 Å². The maximum absolute atomic E-state index is 12.6. The first kappa shape index (κ1) is 16.5. The second kappa shape index (κ2) is 7.45. The summed E-state index contributed by atoms with van der Waals surface area (Å²) < 4.78 is 7.03. The normalized spacial score (nSPS) is 14.0. The predicted molar refractivity (Wildman–Crippen MR) is 83.1 cm³/mol. The number of aromatic nitrogens is 1. The van der Waals surface area contributed by atoms with Gasteiger partial charge in [-0.2, -0.15) is 0 Å². The summed E-state index contributed by atoms with van der Waals surface area (Å²) in [6.45, 7) is 3.10. The Balaban J connectivity index is 2.00. The van der Waals surface area contributed by atoms with E-state index in [1.54, 1.807) is 12.0 Å². The molecule has 0 unspecified atom stereocenters. The molecule has 1 aliphatic carbocycles. The van der Waals surface area contributed by atoms with Gasteiger partial charge in [0.25, 0.3) is 0 Å². The number of carbonyl (C=O) groups is 2. The fraction of sp³-hybridized carbons (Fsp3) is 0.625. The molecule has 6 heteroatoms. The van der Waals surface area contributed by atoms with E-state index in [1.807, 2.05) is 34.8 Å². The van der Waals surface area contributed by atoms with Gasteiger partial charge in [-0.25, -0.2) is 0 Å². The van der Waals surface area contributed by atoms with Gasteiger partial charge in [0.1, 0.15) is 0 Å². The molecule has 122 valence electrons. The van der Waals surface area contributed by atoms with Gasteiger partial charge in [0.2, 0.25) is 11.8 Å². The summed E-state index contributed by atoms with van der Waals surface area (Å²) in [5, 5.41) is 0. The standard InChI is InChI=1S/C16H25N3O3/c1-13(20)18(9-10-22-3)12-16(21)19(14-6-7-14)11-15-5-4-8-17(15)2/h4-5,8,14H,6-7,9-12H2,1-3H3. The quantitative estimate of drug-likeness (QED) is 0.720. The maximum Gasteiger partial charge on any atom is 0.242 e. The van der Waals surface area contributed by atoms with Gasteiger partial charge in [0.15, 0.2) is 0 Å². The molecule has 1 aromatic heterocycles. The van der Waals surface area contributed by atoms with Gasteiger partial charge >= 0.3 is 0 Å². The van der Waals surface area contributed by atoms with Crippen LogP contribution in [0.4, 0.5) is 0 Å². The van der Waals surface area contributed by atoms with Crippen LogP contribution >= 0.6 is 0 Å².